The number of benzene rings is 1. The largest absolute Gasteiger partial charge is 0.374 e. The van der Waals surface area contributed by atoms with Crippen molar-refractivity contribution in [3.63, 3.8) is 0 Å². The van der Waals surface area contributed by atoms with Gasteiger partial charge in [-0.1, -0.05) is 15.9 Å². The minimum atomic E-state index is 0.489. The Labute approximate surface area is 105 Å². The number of anilines is 1. The molecule has 84 valence electrons. The van der Waals surface area contributed by atoms with E-state index in [0.717, 1.165) is 17.4 Å². The molecular weight excluding hydrogens is 264 g/mol. The van der Waals surface area contributed by atoms with E-state index in [2.05, 4.69) is 33.9 Å². The van der Waals surface area contributed by atoms with Crippen LogP contribution in [-0.2, 0) is 0 Å². The second kappa shape index (κ2) is 4.47. The molecule has 0 spiro atoms. The molecule has 2 nitrogen and oxygen atoms in total. The molecule has 1 saturated carbocycles. The van der Waals surface area contributed by atoms with Crippen LogP contribution in [-0.4, -0.2) is 18.9 Å². The maximum absolute atomic E-state index is 8.73. The predicted octanol–water partition coefficient (Wildman–Crippen LogP) is 3.17. The number of nitriles is 1. The predicted molar refractivity (Wildman–Crippen MR) is 69.9 cm³/mol. The molecule has 16 heavy (non-hydrogen) atoms. The highest BCUT2D eigenvalue weighted by Crippen LogP contribution is 2.47. The number of halogens is 1. The highest BCUT2D eigenvalue weighted by Gasteiger charge is 2.42. The summed E-state index contributed by atoms with van der Waals surface area (Å²) in [5.41, 5.74) is 2.40. The van der Waals surface area contributed by atoms with E-state index in [0.29, 0.717) is 5.41 Å². The monoisotopic (exact) mass is 278 g/mol. The van der Waals surface area contributed by atoms with Crippen LogP contribution in [0.1, 0.15) is 18.4 Å². The third-order valence-electron chi connectivity index (χ3n) is 3.25. The van der Waals surface area contributed by atoms with Crippen molar-refractivity contribution in [1.29, 1.82) is 5.26 Å². The van der Waals surface area contributed by atoms with Gasteiger partial charge >= 0.3 is 0 Å². The lowest BCUT2D eigenvalue weighted by atomic mass is 10.1. The van der Waals surface area contributed by atoms with Crippen molar-refractivity contribution < 1.29 is 0 Å². The molecule has 2 rings (SSSR count). The number of nitrogens with zero attached hydrogens (tertiary/aromatic N) is 2. The molecule has 0 unspecified atom stereocenters. The van der Waals surface area contributed by atoms with Crippen molar-refractivity contribution >= 4 is 21.6 Å². The van der Waals surface area contributed by atoms with E-state index in [4.69, 9.17) is 5.26 Å². The molecule has 0 saturated heterocycles. The third kappa shape index (κ3) is 2.38. The topological polar surface area (TPSA) is 27.0 Å². The zero-order chi connectivity index (χ0) is 11.6. The Morgan fingerprint density at radius 2 is 2.00 bits per heavy atom. The molecular formula is C13H15BrN2. The molecule has 0 N–H and O–H groups in total. The lowest BCUT2D eigenvalue weighted by Crippen LogP contribution is -2.27. The second-order valence-corrected chi connectivity index (χ2v) is 5.21. The Morgan fingerprint density at radius 1 is 1.38 bits per heavy atom. The van der Waals surface area contributed by atoms with Crippen LogP contribution in [0, 0.1) is 16.7 Å². The SMILES string of the molecule is CN(CC1(CBr)CC1)c1ccc(C#N)cc1. The van der Waals surface area contributed by atoms with Crippen LogP contribution in [0.3, 0.4) is 0 Å². The van der Waals surface area contributed by atoms with Gasteiger partial charge in [-0.25, -0.2) is 0 Å². The van der Waals surface area contributed by atoms with Gasteiger partial charge < -0.3 is 4.90 Å². The molecule has 0 atom stereocenters. The molecule has 3 heteroatoms. The first-order chi connectivity index (χ1) is 7.69. The first-order valence-electron chi connectivity index (χ1n) is 5.46. The normalized spacial score (nSPS) is 16.6. The summed E-state index contributed by atoms with van der Waals surface area (Å²) in [4.78, 5) is 2.27. The molecule has 0 heterocycles. The van der Waals surface area contributed by atoms with Crippen LogP contribution in [0.25, 0.3) is 0 Å². The van der Waals surface area contributed by atoms with Crippen molar-refractivity contribution in [3.05, 3.63) is 29.8 Å². The van der Waals surface area contributed by atoms with Gasteiger partial charge in [0.25, 0.3) is 0 Å². The fraction of sp³-hybridized carbons (Fsp3) is 0.462. The van der Waals surface area contributed by atoms with Crippen LogP contribution in [0.5, 0.6) is 0 Å². The fourth-order valence-corrected chi connectivity index (χ4v) is 2.63. The average Bonchev–Trinajstić information content (AvgIpc) is 3.09. The molecule has 0 amide bonds. The Balaban J connectivity index is 2.03. The lowest BCUT2D eigenvalue weighted by Gasteiger charge is -2.24. The van der Waals surface area contributed by atoms with Crippen molar-refractivity contribution in [1.82, 2.24) is 0 Å². The smallest absolute Gasteiger partial charge is 0.0991 e. The Morgan fingerprint density at radius 3 is 2.44 bits per heavy atom. The molecule has 1 aliphatic rings. The number of rotatable bonds is 4. The van der Waals surface area contributed by atoms with Crippen molar-refractivity contribution in [2.75, 3.05) is 23.8 Å². The quantitative estimate of drug-likeness (QED) is 0.791. The van der Waals surface area contributed by atoms with Gasteiger partial charge in [-0.2, -0.15) is 5.26 Å². The van der Waals surface area contributed by atoms with Crippen molar-refractivity contribution in [3.8, 4) is 6.07 Å². The Bertz CT molecular complexity index is 401. The van der Waals surface area contributed by atoms with E-state index in [-0.39, 0.29) is 0 Å². The minimum absolute atomic E-state index is 0.489. The third-order valence-corrected chi connectivity index (χ3v) is 4.44. The highest BCUT2D eigenvalue weighted by molar-refractivity contribution is 9.09. The van der Waals surface area contributed by atoms with Crippen LogP contribution in [0.2, 0.25) is 0 Å². The maximum Gasteiger partial charge on any atom is 0.0991 e. The van der Waals surface area contributed by atoms with Gasteiger partial charge in [-0.3, -0.25) is 0 Å². The molecule has 1 fully saturated rings. The van der Waals surface area contributed by atoms with Gasteiger partial charge in [0.05, 0.1) is 11.6 Å². The Kier molecular flexibility index (Phi) is 3.20. The second-order valence-electron chi connectivity index (χ2n) is 4.65. The van der Waals surface area contributed by atoms with E-state index < -0.39 is 0 Å². The summed E-state index contributed by atoms with van der Waals surface area (Å²) in [5, 5.41) is 9.82. The van der Waals surface area contributed by atoms with Crippen molar-refractivity contribution in [2.45, 2.75) is 12.8 Å². The average molecular weight is 279 g/mol. The molecule has 0 bridgehead atoms. The number of hydrogen-bond donors (Lipinski definition) is 0. The summed E-state index contributed by atoms with van der Waals surface area (Å²) in [6.07, 6.45) is 2.64. The molecule has 1 aliphatic carbocycles. The van der Waals surface area contributed by atoms with Crippen LogP contribution in [0.4, 0.5) is 5.69 Å². The van der Waals surface area contributed by atoms with Crippen molar-refractivity contribution in [2.24, 2.45) is 5.41 Å². The van der Waals surface area contributed by atoms with E-state index in [1.165, 1.54) is 18.5 Å². The lowest BCUT2D eigenvalue weighted by molar-refractivity contribution is 0.584. The first kappa shape index (κ1) is 11.5. The fourth-order valence-electron chi connectivity index (χ4n) is 1.90. The zero-order valence-corrected chi connectivity index (χ0v) is 11.0. The molecule has 0 aromatic heterocycles. The van der Waals surface area contributed by atoms with Gasteiger partial charge in [0.2, 0.25) is 0 Å². The molecule has 0 radical (unpaired) electrons. The standard InChI is InChI=1S/C13H15BrN2/c1-16(10-13(9-14)6-7-13)12-4-2-11(8-15)3-5-12/h2-5H,6-7,9-10H2,1H3. The summed E-state index contributed by atoms with van der Waals surface area (Å²) in [5.74, 6) is 0. The summed E-state index contributed by atoms with van der Waals surface area (Å²) < 4.78 is 0. The minimum Gasteiger partial charge on any atom is -0.374 e. The van der Waals surface area contributed by atoms with Gasteiger partial charge in [0, 0.05) is 24.6 Å². The molecule has 1 aromatic carbocycles. The number of alkyl halides is 1. The van der Waals surface area contributed by atoms with Crippen LogP contribution in [0.15, 0.2) is 24.3 Å². The summed E-state index contributed by atoms with van der Waals surface area (Å²) in [7, 11) is 2.12. The molecule has 0 aliphatic heterocycles. The van der Waals surface area contributed by atoms with Gasteiger partial charge in [0.15, 0.2) is 0 Å². The van der Waals surface area contributed by atoms with Gasteiger partial charge in [0.1, 0.15) is 0 Å². The van der Waals surface area contributed by atoms with Crippen LogP contribution >= 0.6 is 15.9 Å². The summed E-state index contributed by atoms with van der Waals surface area (Å²) >= 11 is 3.59. The maximum atomic E-state index is 8.73. The van der Waals surface area contributed by atoms with Gasteiger partial charge in [-0.05, 0) is 42.5 Å². The van der Waals surface area contributed by atoms with E-state index in [9.17, 15) is 0 Å². The number of hydrogen-bond acceptors (Lipinski definition) is 2. The summed E-state index contributed by atoms with van der Waals surface area (Å²) in [6, 6.07) is 9.92. The molecule has 1 aromatic rings. The van der Waals surface area contributed by atoms with E-state index >= 15 is 0 Å². The van der Waals surface area contributed by atoms with Gasteiger partial charge in [-0.15, -0.1) is 0 Å². The Hall–Kier alpha value is -1.01. The van der Waals surface area contributed by atoms with E-state index in [1.807, 2.05) is 24.3 Å². The zero-order valence-electron chi connectivity index (χ0n) is 9.41. The first-order valence-corrected chi connectivity index (χ1v) is 6.58. The summed E-state index contributed by atoms with van der Waals surface area (Å²) in [6.45, 7) is 1.09. The van der Waals surface area contributed by atoms with Crippen LogP contribution < -0.4 is 4.90 Å². The van der Waals surface area contributed by atoms with E-state index in [1.54, 1.807) is 0 Å². The highest BCUT2D eigenvalue weighted by atomic mass is 79.9.